The number of nitrogens with one attached hydrogen (secondary N) is 3. The maximum Gasteiger partial charge on any atom is 0.434 e. The van der Waals surface area contributed by atoms with Crippen molar-refractivity contribution in [1.82, 2.24) is 19.7 Å². The third-order valence-electron chi connectivity index (χ3n) is 5.32. The standard InChI is InChI=1S/C23H28F3N5S2/c1-22(2,3)31-33-17-13-15(29-21-27-11-12-28-21)9-10-16(17)18-19(23(24,25)26)30-20(32-18)14-7-5-4-6-8-14/h9-14,31H,4-8H2,1-3H3,(H2,27,28,29). The van der Waals surface area contributed by atoms with Gasteiger partial charge in [0.05, 0.1) is 9.88 Å². The van der Waals surface area contributed by atoms with Crippen LogP contribution < -0.4 is 10.0 Å². The number of thiazole rings is 1. The van der Waals surface area contributed by atoms with E-state index in [1.54, 1.807) is 24.5 Å². The largest absolute Gasteiger partial charge is 0.434 e. The fraction of sp³-hybridized carbons (Fsp3) is 0.478. The van der Waals surface area contributed by atoms with E-state index in [-0.39, 0.29) is 16.3 Å². The van der Waals surface area contributed by atoms with E-state index in [0.29, 0.717) is 21.4 Å². The molecule has 2 aromatic heterocycles. The van der Waals surface area contributed by atoms with Crippen LogP contribution in [0.1, 0.15) is 69.5 Å². The van der Waals surface area contributed by atoms with Crippen LogP contribution in [0.3, 0.4) is 0 Å². The van der Waals surface area contributed by atoms with Crippen molar-refractivity contribution in [2.75, 3.05) is 5.32 Å². The molecule has 10 heteroatoms. The van der Waals surface area contributed by atoms with E-state index < -0.39 is 11.9 Å². The molecule has 33 heavy (non-hydrogen) atoms. The van der Waals surface area contributed by atoms with Gasteiger partial charge in [-0.3, -0.25) is 4.72 Å². The molecule has 0 unspecified atom stereocenters. The molecule has 1 fully saturated rings. The molecule has 1 aliphatic rings. The van der Waals surface area contributed by atoms with Crippen LogP contribution in [0.4, 0.5) is 24.8 Å². The summed E-state index contributed by atoms with van der Waals surface area (Å²) in [6.07, 6.45) is 3.87. The molecule has 0 aliphatic heterocycles. The second-order valence-corrected chi connectivity index (χ2v) is 11.2. The Morgan fingerprint density at radius 2 is 1.88 bits per heavy atom. The third-order valence-corrected chi connectivity index (χ3v) is 7.84. The maximum atomic E-state index is 14.0. The number of alkyl halides is 3. The Morgan fingerprint density at radius 3 is 2.52 bits per heavy atom. The van der Waals surface area contributed by atoms with E-state index >= 15 is 0 Å². The second-order valence-electron chi connectivity index (χ2n) is 9.29. The summed E-state index contributed by atoms with van der Waals surface area (Å²) in [5.74, 6) is 0.679. The second kappa shape index (κ2) is 9.68. The summed E-state index contributed by atoms with van der Waals surface area (Å²) in [6.45, 7) is 6.04. The predicted molar refractivity (Wildman–Crippen MR) is 129 cm³/mol. The minimum atomic E-state index is -4.51. The average Bonchev–Trinajstić information content (AvgIpc) is 3.42. The number of hydrogen-bond donors (Lipinski definition) is 3. The molecule has 0 atom stereocenters. The van der Waals surface area contributed by atoms with Gasteiger partial charge in [0.1, 0.15) is 0 Å². The lowest BCUT2D eigenvalue weighted by Crippen LogP contribution is -2.29. The highest BCUT2D eigenvalue weighted by Gasteiger charge is 2.39. The smallest absolute Gasteiger partial charge is 0.331 e. The molecule has 1 saturated carbocycles. The molecule has 0 saturated heterocycles. The van der Waals surface area contributed by atoms with Crippen LogP contribution in [-0.4, -0.2) is 20.5 Å². The molecule has 3 aromatic rings. The lowest BCUT2D eigenvalue weighted by atomic mass is 9.90. The topological polar surface area (TPSA) is 65.6 Å². The van der Waals surface area contributed by atoms with Crippen LogP contribution >= 0.6 is 23.3 Å². The minimum Gasteiger partial charge on any atom is -0.331 e. The van der Waals surface area contributed by atoms with E-state index in [9.17, 15) is 13.2 Å². The number of rotatable bonds is 6. The van der Waals surface area contributed by atoms with Crippen LogP contribution in [-0.2, 0) is 6.18 Å². The summed E-state index contributed by atoms with van der Waals surface area (Å²) < 4.78 is 45.5. The molecule has 3 N–H and O–H groups in total. The summed E-state index contributed by atoms with van der Waals surface area (Å²) in [5, 5.41) is 3.77. The Kier molecular flexibility index (Phi) is 7.07. The first-order valence-electron chi connectivity index (χ1n) is 11.0. The van der Waals surface area contributed by atoms with E-state index in [1.165, 1.54) is 23.3 Å². The van der Waals surface area contributed by atoms with E-state index in [0.717, 1.165) is 37.8 Å². The first kappa shape index (κ1) is 24.1. The Bertz CT molecular complexity index is 1060. The zero-order chi connectivity index (χ0) is 23.6. The quantitative estimate of drug-likeness (QED) is 0.305. The Morgan fingerprint density at radius 1 is 1.12 bits per heavy atom. The van der Waals surface area contributed by atoms with Crippen LogP contribution in [0.5, 0.6) is 0 Å². The summed E-state index contributed by atoms with van der Waals surface area (Å²) in [6, 6.07) is 5.37. The van der Waals surface area contributed by atoms with Gasteiger partial charge in [-0.2, -0.15) is 13.2 Å². The van der Waals surface area contributed by atoms with Crippen molar-refractivity contribution in [2.24, 2.45) is 0 Å². The van der Waals surface area contributed by atoms with Gasteiger partial charge in [-0.15, -0.1) is 11.3 Å². The summed E-state index contributed by atoms with van der Waals surface area (Å²) in [5.41, 5.74) is 0.267. The fourth-order valence-corrected chi connectivity index (χ4v) is 6.03. The van der Waals surface area contributed by atoms with Crippen molar-refractivity contribution < 1.29 is 13.2 Å². The molecule has 0 spiro atoms. The highest BCUT2D eigenvalue weighted by atomic mass is 32.2. The molecule has 1 aromatic carbocycles. The first-order valence-corrected chi connectivity index (χ1v) is 12.7. The number of anilines is 2. The fourth-order valence-electron chi connectivity index (χ4n) is 3.79. The van der Waals surface area contributed by atoms with Gasteiger partial charge in [-0.1, -0.05) is 25.3 Å². The monoisotopic (exact) mass is 495 g/mol. The normalized spacial score (nSPS) is 15.7. The molecule has 5 nitrogen and oxygen atoms in total. The van der Waals surface area contributed by atoms with Gasteiger partial charge >= 0.3 is 6.18 Å². The lowest BCUT2D eigenvalue weighted by molar-refractivity contribution is -0.140. The van der Waals surface area contributed by atoms with Crippen molar-refractivity contribution >= 4 is 34.9 Å². The van der Waals surface area contributed by atoms with Crippen LogP contribution in [0.15, 0.2) is 35.5 Å². The Labute approximate surface area is 200 Å². The minimum absolute atomic E-state index is 0.113. The molecular formula is C23H28F3N5S2. The van der Waals surface area contributed by atoms with Crippen molar-refractivity contribution in [3.8, 4) is 10.4 Å². The Hall–Kier alpha value is -2.04. The summed E-state index contributed by atoms with van der Waals surface area (Å²) in [7, 11) is 0. The molecule has 2 heterocycles. The Balaban J connectivity index is 1.76. The highest BCUT2D eigenvalue weighted by Crippen LogP contribution is 2.47. The lowest BCUT2D eigenvalue weighted by Gasteiger charge is -2.21. The van der Waals surface area contributed by atoms with Gasteiger partial charge in [-0.05, 0) is 57.7 Å². The molecule has 1 aliphatic carbocycles. The molecule has 0 radical (unpaired) electrons. The first-order chi connectivity index (χ1) is 15.6. The van der Waals surface area contributed by atoms with E-state index in [4.69, 9.17) is 0 Å². The maximum absolute atomic E-state index is 14.0. The highest BCUT2D eigenvalue weighted by molar-refractivity contribution is 7.97. The zero-order valence-corrected chi connectivity index (χ0v) is 20.5. The van der Waals surface area contributed by atoms with Crippen molar-refractivity contribution in [1.29, 1.82) is 0 Å². The molecule has 0 bridgehead atoms. The van der Waals surface area contributed by atoms with E-state index in [1.807, 2.05) is 26.8 Å². The summed E-state index contributed by atoms with van der Waals surface area (Å²) in [4.78, 5) is 12.2. The molecular weight excluding hydrogens is 467 g/mol. The SMILES string of the molecule is CC(C)(C)NSc1cc(Nc2ncc[nH]2)ccc1-c1sc(C2CCCCC2)nc1C(F)(F)F. The van der Waals surface area contributed by atoms with Gasteiger partial charge < -0.3 is 10.3 Å². The van der Waals surface area contributed by atoms with Crippen molar-refractivity contribution in [3.05, 3.63) is 41.3 Å². The van der Waals surface area contributed by atoms with Gasteiger partial charge in [-0.25, -0.2) is 9.97 Å². The van der Waals surface area contributed by atoms with Gasteiger partial charge in [0.2, 0.25) is 5.95 Å². The number of aromatic nitrogens is 3. The molecule has 0 amide bonds. The number of hydrogen-bond acceptors (Lipinski definition) is 6. The van der Waals surface area contributed by atoms with Gasteiger partial charge in [0.15, 0.2) is 5.69 Å². The molecule has 178 valence electrons. The number of aromatic amines is 1. The number of H-pyrrole nitrogens is 1. The number of imidazole rings is 1. The van der Waals surface area contributed by atoms with E-state index in [2.05, 4.69) is 25.0 Å². The van der Waals surface area contributed by atoms with Gasteiger partial charge in [0, 0.05) is 40.0 Å². The number of nitrogens with zero attached hydrogens (tertiary/aromatic N) is 2. The molecule has 4 rings (SSSR count). The summed E-state index contributed by atoms with van der Waals surface area (Å²) >= 11 is 2.52. The van der Waals surface area contributed by atoms with Gasteiger partial charge in [0.25, 0.3) is 0 Å². The zero-order valence-electron chi connectivity index (χ0n) is 18.8. The average molecular weight is 496 g/mol. The predicted octanol–water partition coefficient (Wildman–Crippen LogP) is 7.74. The number of benzene rings is 1. The van der Waals surface area contributed by atoms with Crippen LogP contribution in [0.2, 0.25) is 0 Å². The van der Waals surface area contributed by atoms with Crippen molar-refractivity contribution in [2.45, 2.75) is 75.4 Å². The van der Waals surface area contributed by atoms with Crippen LogP contribution in [0, 0.1) is 0 Å². The number of halogens is 3. The van der Waals surface area contributed by atoms with Crippen molar-refractivity contribution in [3.63, 3.8) is 0 Å². The van der Waals surface area contributed by atoms with Crippen LogP contribution in [0.25, 0.3) is 10.4 Å². The third kappa shape index (κ3) is 6.10.